The van der Waals surface area contributed by atoms with E-state index in [2.05, 4.69) is 12.1 Å². The second-order valence-electron chi connectivity index (χ2n) is 8.86. The summed E-state index contributed by atoms with van der Waals surface area (Å²) in [5, 5.41) is 0.0915. The molecule has 0 aliphatic heterocycles. The third kappa shape index (κ3) is 7.78. The molecule has 39 heavy (non-hydrogen) atoms. The van der Waals surface area contributed by atoms with Crippen LogP contribution in [0.2, 0.25) is 0 Å². The molecule has 3 aromatic carbocycles. The van der Waals surface area contributed by atoms with E-state index in [9.17, 15) is 18.0 Å². The van der Waals surface area contributed by atoms with Crippen molar-refractivity contribution < 1.29 is 27.4 Å². The minimum atomic E-state index is -4.37. The molecule has 0 bridgehead atoms. The maximum absolute atomic E-state index is 13.0. The summed E-state index contributed by atoms with van der Waals surface area (Å²) < 4.78 is 51.7. The van der Waals surface area contributed by atoms with Crippen molar-refractivity contribution in [2.45, 2.75) is 43.5 Å². The molecule has 0 aliphatic rings. The van der Waals surface area contributed by atoms with Crippen molar-refractivity contribution in [3.05, 3.63) is 99.6 Å². The molecule has 0 N–H and O–H groups in total. The molecule has 4 rings (SSSR count). The van der Waals surface area contributed by atoms with Gasteiger partial charge in [-0.25, -0.2) is 0 Å². The molecule has 0 radical (unpaired) electrons. The predicted octanol–water partition coefficient (Wildman–Crippen LogP) is 7.46. The zero-order chi connectivity index (χ0) is 28.0. The van der Waals surface area contributed by atoms with E-state index < -0.39 is 17.7 Å². The van der Waals surface area contributed by atoms with Crippen LogP contribution in [-0.4, -0.2) is 38.7 Å². The van der Waals surface area contributed by atoms with Crippen LogP contribution in [0.1, 0.15) is 39.0 Å². The van der Waals surface area contributed by atoms with E-state index >= 15 is 0 Å². The third-order valence-corrected chi connectivity index (χ3v) is 10.2. The Bertz CT molecular complexity index is 1410. The number of rotatable bonds is 10. The monoisotopic (exact) mass is 619 g/mol. The van der Waals surface area contributed by atoms with E-state index in [1.54, 1.807) is 18.7 Å². The van der Waals surface area contributed by atoms with Crippen LogP contribution in [0.25, 0.3) is 10.1 Å². The van der Waals surface area contributed by atoms with Gasteiger partial charge in [-0.05, 0) is 6.92 Å². The number of halogens is 3. The van der Waals surface area contributed by atoms with Gasteiger partial charge >= 0.3 is 230 Å². The molecule has 0 amide bonds. The fraction of sp³-hybridized carbons (Fsp3) is 0.267. The molecule has 9 heteroatoms. The summed E-state index contributed by atoms with van der Waals surface area (Å²) in [5.41, 5.74) is 3.08. The Morgan fingerprint density at radius 2 is 1.74 bits per heavy atom. The summed E-state index contributed by atoms with van der Waals surface area (Å²) in [7, 11) is 0. The number of aryl methyl sites for hydroxylation is 2. The van der Waals surface area contributed by atoms with E-state index in [0.29, 0.717) is 12.4 Å². The first-order valence-electron chi connectivity index (χ1n) is 12.4. The average molecular weight is 619 g/mol. The van der Waals surface area contributed by atoms with Crippen LogP contribution < -0.4 is 4.74 Å². The molecule has 4 aromatic rings. The van der Waals surface area contributed by atoms with Gasteiger partial charge in [-0.2, -0.15) is 0 Å². The van der Waals surface area contributed by atoms with Crippen LogP contribution in [0.15, 0.2) is 77.7 Å². The topological polar surface area (TPSA) is 48.4 Å². The van der Waals surface area contributed by atoms with Gasteiger partial charge < -0.3 is 0 Å². The summed E-state index contributed by atoms with van der Waals surface area (Å²) in [6, 6.07) is 21.4. The molecular weight excluding hydrogens is 590 g/mol. The molecule has 0 spiro atoms. The number of aromatic nitrogens is 1. The quantitative estimate of drug-likeness (QED) is 0.105. The van der Waals surface area contributed by atoms with Crippen molar-refractivity contribution in [3.63, 3.8) is 0 Å². The summed E-state index contributed by atoms with van der Waals surface area (Å²) in [4.78, 5) is 17.5. The molecule has 4 nitrogen and oxygen atoms in total. The van der Waals surface area contributed by atoms with E-state index in [4.69, 9.17) is 14.5 Å². The zero-order valence-corrected chi connectivity index (χ0v) is 24.3. The van der Waals surface area contributed by atoms with Crippen molar-refractivity contribution >= 4 is 32.2 Å². The Hall–Kier alpha value is -3.00. The third-order valence-electron chi connectivity index (χ3n) is 5.92. The fourth-order valence-electron chi connectivity index (χ4n) is 4.01. The molecule has 0 aliphatic carbocycles. The Balaban J connectivity index is 1.59. The van der Waals surface area contributed by atoms with Crippen molar-refractivity contribution in [1.29, 1.82) is 0 Å². The number of nitrogens with zero attached hydrogens (tertiary/aromatic N) is 1. The second kappa shape index (κ2) is 12.9. The van der Waals surface area contributed by atoms with Crippen LogP contribution in [0.3, 0.4) is 0 Å². The minimum absolute atomic E-state index is 0.0915. The molecular formula is C30H28F3NO3SSe. The number of carbonyl (C=O) groups excluding carboxylic acids is 1. The van der Waals surface area contributed by atoms with Crippen molar-refractivity contribution in [1.82, 2.24) is 4.98 Å². The summed E-state index contributed by atoms with van der Waals surface area (Å²) >= 11 is 1.60. The van der Waals surface area contributed by atoms with Crippen LogP contribution in [0.5, 0.6) is 5.75 Å². The van der Waals surface area contributed by atoms with E-state index in [1.807, 2.05) is 50.2 Å². The molecule has 1 heterocycles. The molecule has 0 saturated heterocycles. The van der Waals surface area contributed by atoms with Crippen LogP contribution in [-0.2, 0) is 22.1 Å². The van der Waals surface area contributed by atoms with Crippen LogP contribution >= 0.6 is 11.8 Å². The van der Waals surface area contributed by atoms with E-state index in [-0.39, 0.29) is 26.4 Å². The maximum atomic E-state index is 13.0. The molecule has 204 valence electrons. The van der Waals surface area contributed by atoms with E-state index in [1.165, 1.54) is 22.1 Å². The SMILES string of the molecule is CCOC(=O)COc1ccc(SC(Cc2ccccc2)c2[se]c(-c3ccc(C(F)(F)F)cc3)nc2C)cc1C. The van der Waals surface area contributed by atoms with Crippen molar-refractivity contribution in [2.75, 3.05) is 13.2 Å². The van der Waals surface area contributed by atoms with Crippen molar-refractivity contribution in [3.8, 4) is 15.9 Å². The van der Waals surface area contributed by atoms with Gasteiger partial charge in [0, 0.05) is 0 Å². The van der Waals surface area contributed by atoms with E-state index in [0.717, 1.165) is 44.8 Å². The standard InChI is InChI=1S/C30H28F3NO3SSe/c1-4-36-27(35)18-37-25-15-14-24(16-19(25)2)38-26(17-21-8-6-5-7-9-21)28-20(3)34-29(39-28)22-10-12-23(13-11-22)30(31,32)33/h5-16,26H,4,17-18H2,1-3H3. The number of esters is 1. The number of carbonyl (C=O) groups is 1. The van der Waals surface area contributed by atoms with Crippen LogP contribution in [0.4, 0.5) is 13.2 Å². The predicted molar refractivity (Wildman–Crippen MR) is 148 cm³/mol. The second-order valence-corrected chi connectivity index (χ2v) is 12.3. The first-order chi connectivity index (χ1) is 18.6. The first kappa shape index (κ1) is 29.0. The molecule has 1 aromatic heterocycles. The number of hydrogen-bond acceptors (Lipinski definition) is 5. The number of benzene rings is 3. The van der Waals surface area contributed by atoms with Gasteiger partial charge in [0.2, 0.25) is 0 Å². The number of thioether (sulfide) groups is 1. The van der Waals surface area contributed by atoms with Gasteiger partial charge in [0.05, 0.1) is 0 Å². The Morgan fingerprint density at radius 3 is 2.38 bits per heavy atom. The molecule has 1 atom stereocenters. The molecule has 0 saturated carbocycles. The van der Waals surface area contributed by atoms with Gasteiger partial charge in [-0.1, -0.05) is 0 Å². The summed E-state index contributed by atoms with van der Waals surface area (Å²) in [6.45, 7) is 5.83. The van der Waals surface area contributed by atoms with Gasteiger partial charge in [-0.15, -0.1) is 0 Å². The van der Waals surface area contributed by atoms with Gasteiger partial charge in [-0.3, -0.25) is 0 Å². The normalized spacial score (nSPS) is 12.3. The zero-order valence-electron chi connectivity index (χ0n) is 21.7. The number of ether oxygens (including phenoxy) is 2. The first-order valence-corrected chi connectivity index (χ1v) is 15.0. The Kier molecular flexibility index (Phi) is 9.59. The van der Waals surface area contributed by atoms with Gasteiger partial charge in [0.25, 0.3) is 0 Å². The fourth-order valence-corrected chi connectivity index (χ4v) is 8.04. The van der Waals surface area contributed by atoms with Crippen molar-refractivity contribution in [2.24, 2.45) is 0 Å². The van der Waals surface area contributed by atoms with Gasteiger partial charge in [0.1, 0.15) is 0 Å². The number of hydrogen-bond donors (Lipinski definition) is 0. The Morgan fingerprint density at radius 1 is 1.03 bits per heavy atom. The number of alkyl halides is 3. The Labute approximate surface area is 236 Å². The average Bonchev–Trinajstić information content (AvgIpc) is 3.29. The summed E-state index contributed by atoms with van der Waals surface area (Å²) in [6.07, 6.45) is -3.58. The molecule has 0 fully saturated rings. The van der Waals surface area contributed by atoms with Crippen LogP contribution in [0, 0.1) is 13.8 Å². The van der Waals surface area contributed by atoms with Gasteiger partial charge in [0.15, 0.2) is 0 Å². The summed E-state index contributed by atoms with van der Waals surface area (Å²) in [5.74, 6) is 0.216. The molecule has 1 unspecified atom stereocenters.